The predicted octanol–water partition coefficient (Wildman–Crippen LogP) is 0.834. The van der Waals surface area contributed by atoms with Crippen LogP contribution in [0.15, 0.2) is 0 Å². The maximum Gasteiger partial charge on any atom is 0.333 e. The Morgan fingerprint density at radius 2 is 1.83 bits per heavy atom. The van der Waals surface area contributed by atoms with Gasteiger partial charge in [-0.05, 0) is 48.9 Å². The number of hydrogen-bond acceptors (Lipinski definition) is 6. The Morgan fingerprint density at radius 3 is 2.21 bits per heavy atom. The molecule has 2 saturated carbocycles. The molecule has 0 aromatic heterocycles. The van der Waals surface area contributed by atoms with Crippen LogP contribution < -0.4 is 11.5 Å². The lowest BCUT2D eigenvalue weighted by Gasteiger charge is -2.43. The number of carboxylic acid groups (broad SMARTS) is 1. The summed E-state index contributed by atoms with van der Waals surface area (Å²) in [5, 5.41) is 8.88. The van der Waals surface area contributed by atoms with E-state index in [-0.39, 0.29) is 17.3 Å². The van der Waals surface area contributed by atoms with Crippen molar-refractivity contribution in [3.8, 4) is 0 Å². The molecule has 2 rings (SSSR count). The van der Waals surface area contributed by atoms with Gasteiger partial charge in [0.05, 0.1) is 19.6 Å². The number of rotatable bonds is 7. The number of fused-ring (bicyclic) bond motifs is 2. The third-order valence-electron chi connectivity index (χ3n) is 6.67. The number of methoxy groups -OCH3 is 1. The zero-order valence-corrected chi connectivity index (χ0v) is 14.6. The number of Topliss-reactive ketones (excluding diaryl/α,β-unsaturated/α-hetero) is 1. The molecule has 7 nitrogen and oxygen atoms in total. The second kappa shape index (κ2) is 6.11. The fourth-order valence-electron chi connectivity index (χ4n) is 4.96. The van der Waals surface area contributed by atoms with E-state index in [9.17, 15) is 14.4 Å². The van der Waals surface area contributed by atoms with Gasteiger partial charge in [-0.25, -0.2) is 4.79 Å². The van der Waals surface area contributed by atoms with E-state index in [0.717, 1.165) is 25.7 Å². The summed E-state index contributed by atoms with van der Waals surface area (Å²) < 4.78 is 4.79. The quantitative estimate of drug-likeness (QED) is 0.462. The lowest BCUT2D eigenvalue weighted by molar-refractivity contribution is -0.155. The first kappa shape index (κ1) is 18.9. The molecule has 2 fully saturated rings. The molecule has 0 aromatic rings. The summed E-state index contributed by atoms with van der Waals surface area (Å²) in [5.74, 6) is -2.24. The number of ether oxygens (including phenoxy) is 1. The molecular formula is C17H28N2O5. The summed E-state index contributed by atoms with van der Waals surface area (Å²) in [6.45, 7) is 4.33. The first-order valence-electron chi connectivity index (χ1n) is 8.39. The molecule has 5 N–H and O–H groups in total. The summed E-state index contributed by atoms with van der Waals surface area (Å²) in [6, 6.07) is -1.33. The van der Waals surface area contributed by atoms with Crippen molar-refractivity contribution >= 4 is 17.7 Å². The highest BCUT2D eigenvalue weighted by molar-refractivity contribution is 6.11. The number of aliphatic carboxylic acids is 1. The molecule has 2 atom stereocenters. The number of nitrogens with two attached hydrogens (primary N) is 2. The fraction of sp³-hybridized carbons (Fsp3) is 0.824. The molecule has 136 valence electrons. The SMILES string of the molecule is COC(=O)[C@@](N)(CC12CCC(CC1)C2(C)C)C(=O)[C@@H](N)CC(=O)O. The van der Waals surface area contributed by atoms with Crippen molar-refractivity contribution in [3.05, 3.63) is 0 Å². The summed E-state index contributed by atoms with van der Waals surface area (Å²) in [7, 11) is 1.18. The van der Waals surface area contributed by atoms with Crippen LogP contribution in [0.25, 0.3) is 0 Å². The van der Waals surface area contributed by atoms with E-state index < -0.39 is 35.7 Å². The van der Waals surface area contributed by atoms with Gasteiger partial charge in [0.2, 0.25) is 0 Å². The Morgan fingerprint density at radius 1 is 1.29 bits per heavy atom. The molecule has 0 heterocycles. The van der Waals surface area contributed by atoms with E-state index >= 15 is 0 Å². The first-order valence-corrected chi connectivity index (χ1v) is 8.39. The molecular weight excluding hydrogens is 312 g/mol. The average molecular weight is 340 g/mol. The van der Waals surface area contributed by atoms with Crippen LogP contribution in [0.3, 0.4) is 0 Å². The largest absolute Gasteiger partial charge is 0.481 e. The van der Waals surface area contributed by atoms with Crippen molar-refractivity contribution in [1.29, 1.82) is 0 Å². The summed E-state index contributed by atoms with van der Waals surface area (Å²) in [6.07, 6.45) is 3.51. The first-order chi connectivity index (χ1) is 11.0. The van der Waals surface area contributed by atoms with Crippen LogP contribution in [0.4, 0.5) is 0 Å². The minimum Gasteiger partial charge on any atom is -0.481 e. The standard InChI is InChI=1S/C17H28N2O5/c1-15(2)10-4-6-16(15,7-5-10)9-17(19,14(23)24-3)13(22)11(18)8-12(20)21/h10-11H,4-9,18-19H2,1-3H3,(H,20,21)/t10?,11-,16?,17+/m0/s1. The molecule has 0 radical (unpaired) electrons. The van der Waals surface area contributed by atoms with Gasteiger partial charge in [-0.15, -0.1) is 0 Å². The maximum atomic E-state index is 12.8. The van der Waals surface area contributed by atoms with Crippen molar-refractivity contribution in [2.24, 2.45) is 28.2 Å². The highest BCUT2D eigenvalue weighted by Gasteiger charge is 2.63. The third-order valence-corrected chi connectivity index (χ3v) is 6.67. The zero-order chi connectivity index (χ0) is 18.3. The molecule has 2 bridgehead atoms. The van der Waals surface area contributed by atoms with Gasteiger partial charge in [-0.2, -0.15) is 0 Å². The van der Waals surface area contributed by atoms with E-state index in [1.54, 1.807) is 0 Å². The summed E-state index contributed by atoms with van der Waals surface area (Å²) >= 11 is 0. The third kappa shape index (κ3) is 2.73. The minimum atomic E-state index is -1.90. The van der Waals surface area contributed by atoms with E-state index in [0.29, 0.717) is 5.92 Å². The average Bonchev–Trinajstić information content (AvgIpc) is 2.89. The van der Waals surface area contributed by atoms with Crippen molar-refractivity contribution in [1.82, 2.24) is 0 Å². The van der Waals surface area contributed by atoms with Crippen molar-refractivity contribution < 1.29 is 24.2 Å². The van der Waals surface area contributed by atoms with Crippen LogP contribution in [-0.4, -0.2) is 41.5 Å². The highest BCUT2D eigenvalue weighted by Crippen LogP contribution is 2.68. The van der Waals surface area contributed by atoms with Crippen molar-refractivity contribution in [2.75, 3.05) is 7.11 Å². The van der Waals surface area contributed by atoms with Crippen LogP contribution in [0.1, 0.15) is 52.4 Å². The molecule has 0 unspecified atom stereocenters. The van der Waals surface area contributed by atoms with Gasteiger partial charge < -0.3 is 21.3 Å². The van der Waals surface area contributed by atoms with Gasteiger partial charge >= 0.3 is 11.9 Å². The minimum absolute atomic E-state index is 0.0250. The Balaban J connectivity index is 2.34. The monoisotopic (exact) mass is 340 g/mol. The Bertz CT molecular complexity index is 551. The Hall–Kier alpha value is -1.47. The lowest BCUT2D eigenvalue weighted by atomic mass is 9.62. The van der Waals surface area contributed by atoms with Crippen LogP contribution in [0.2, 0.25) is 0 Å². The maximum absolute atomic E-state index is 12.8. The number of hydrogen-bond donors (Lipinski definition) is 3. The topological polar surface area (TPSA) is 133 Å². The second-order valence-electron chi connectivity index (χ2n) is 7.98. The summed E-state index contributed by atoms with van der Waals surface area (Å²) in [5.41, 5.74) is 9.82. The number of carbonyl (C=O) groups excluding carboxylic acids is 2. The van der Waals surface area contributed by atoms with Gasteiger partial charge in [0, 0.05) is 0 Å². The number of carbonyl (C=O) groups is 3. The van der Waals surface area contributed by atoms with Crippen LogP contribution >= 0.6 is 0 Å². The number of carboxylic acids is 1. The number of ketones is 1. The van der Waals surface area contributed by atoms with E-state index in [4.69, 9.17) is 21.3 Å². The second-order valence-corrected chi connectivity index (χ2v) is 7.98. The van der Waals surface area contributed by atoms with Crippen molar-refractivity contribution in [2.45, 2.75) is 64.0 Å². The van der Waals surface area contributed by atoms with Gasteiger partial charge in [0.15, 0.2) is 11.3 Å². The van der Waals surface area contributed by atoms with Crippen LogP contribution in [0.5, 0.6) is 0 Å². The van der Waals surface area contributed by atoms with Crippen molar-refractivity contribution in [3.63, 3.8) is 0 Å². The highest BCUT2D eigenvalue weighted by atomic mass is 16.5. The fourth-order valence-corrected chi connectivity index (χ4v) is 4.96. The van der Waals surface area contributed by atoms with E-state index in [2.05, 4.69) is 13.8 Å². The normalized spacial score (nSPS) is 31.3. The molecule has 2 aliphatic rings. The van der Waals surface area contributed by atoms with Gasteiger partial charge in [0.25, 0.3) is 0 Å². The molecule has 0 amide bonds. The van der Waals surface area contributed by atoms with E-state index in [1.807, 2.05) is 0 Å². The molecule has 0 aromatic carbocycles. The van der Waals surface area contributed by atoms with Crippen LogP contribution in [-0.2, 0) is 19.1 Å². The molecule has 0 spiro atoms. The Labute approximate surface area is 142 Å². The lowest BCUT2D eigenvalue weighted by Crippen LogP contribution is -2.63. The molecule has 2 aliphatic carbocycles. The predicted molar refractivity (Wildman–Crippen MR) is 87.0 cm³/mol. The Kier molecular flexibility index (Phi) is 4.80. The number of esters is 1. The molecule has 7 heteroatoms. The van der Waals surface area contributed by atoms with Gasteiger partial charge in [-0.1, -0.05) is 13.8 Å². The van der Waals surface area contributed by atoms with Gasteiger partial charge in [-0.3, -0.25) is 9.59 Å². The molecule has 0 saturated heterocycles. The van der Waals surface area contributed by atoms with Gasteiger partial charge in [0.1, 0.15) is 0 Å². The molecule has 24 heavy (non-hydrogen) atoms. The molecule has 0 aliphatic heterocycles. The van der Waals surface area contributed by atoms with E-state index in [1.165, 1.54) is 7.11 Å². The summed E-state index contributed by atoms with van der Waals surface area (Å²) in [4.78, 5) is 36.0. The smallest absolute Gasteiger partial charge is 0.333 e. The van der Waals surface area contributed by atoms with Crippen LogP contribution in [0, 0.1) is 16.7 Å². The zero-order valence-electron chi connectivity index (χ0n) is 14.6.